The highest BCUT2D eigenvalue weighted by molar-refractivity contribution is 6.01. The Kier molecular flexibility index (Phi) is 3.14. The van der Waals surface area contributed by atoms with Crippen molar-refractivity contribution in [2.45, 2.75) is 19.1 Å². The zero-order valence-electron chi connectivity index (χ0n) is 8.01. The molecule has 0 spiro atoms. The van der Waals surface area contributed by atoms with Crippen molar-refractivity contribution in [2.24, 2.45) is 5.73 Å². The first-order chi connectivity index (χ1) is 6.84. The van der Waals surface area contributed by atoms with Gasteiger partial charge in [-0.05, 0) is 13.0 Å². The van der Waals surface area contributed by atoms with Gasteiger partial charge in [-0.25, -0.2) is 0 Å². The number of nitrogens with two attached hydrogens (primary N) is 1. The fourth-order valence-electron chi connectivity index (χ4n) is 1.19. The van der Waals surface area contributed by atoms with Gasteiger partial charge in [0.1, 0.15) is 0 Å². The summed E-state index contributed by atoms with van der Waals surface area (Å²) in [4.78, 5) is 11.4. The largest absolute Gasteiger partial charge is 0.417 e. The molecule has 1 unspecified atom stereocenters. The fourth-order valence-corrected chi connectivity index (χ4v) is 1.19. The molecule has 15 heavy (non-hydrogen) atoms. The van der Waals surface area contributed by atoms with Crippen LogP contribution in [0.5, 0.6) is 0 Å². The average Bonchev–Trinajstić information content (AvgIpc) is 2.15. The Morgan fingerprint density at radius 1 is 1.33 bits per heavy atom. The number of ketones is 1. The molecule has 0 aliphatic carbocycles. The average molecular weight is 217 g/mol. The second-order valence-corrected chi connectivity index (χ2v) is 3.20. The van der Waals surface area contributed by atoms with Crippen LogP contribution in [-0.2, 0) is 6.18 Å². The molecule has 0 aromatic heterocycles. The predicted octanol–water partition coefficient (Wildman–Crippen LogP) is 2.24. The van der Waals surface area contributed by atoms with E-state index < -0.39 is 23.6 Å². The van der Waals surface area contributed by atoms with Crippen LogP contribution in [0.25, 0.3) is 0 Å². The summed E-state index contributed by atoms with van der Waals surface area (Å²) in [7, 11) is 0. The summed E-state index contributed by atoms with van der Waals surface area (Å²) in [5.74, 6) is -0.706. The van der Waals surface area contributed by atoms with Crippen molar-refractivity contribution in [3.63, 3.8) is 0 Å². The number of carbonyl (C=O) groups excluding carboxylic acids is 1. The SMILES string of the molecule is CC(N)C(=O)c1ccccc1C(F)(F)F. The van der Waals surface area contributed by atoms with Crippen molar-refractivity contribution in [2.75, 3.05) is 0 Å². The maximum absolute atomic E-state index is 12.5. The van der Waals surface area contributed by atoms with E-state index in [-0.39, 0.29) is 5.56 Å². The van der Waals surface area contributed by atoms with Gasteiger partial charge in [-0.3, -0.25) is 4.79 Å². The van der Waals surface area contributed by atoms with Gasteiger partial charge in [0.25, 0.3) is 0 Å². The molecule has 0 radical (unpaired) electrons. The molecule has 0 aliphatic heterocycles. The summed E-state index contributed by atoms with van der Waals surface area (Å²) in [5.41, 5.74) is 3.95. The zero-order chi connectivity index (χ0) is 11.6. The van der Waals surface area contributed by atoms with Crippen molar-refractivity contribution < 1.29 is 18.0 Å². The van der Waals surface area contributed by atoms with Crippen LogP contribution >= 0.6 is 0 Å². The lowest BCUT2D eigenvalue weighted by molar-refractivity contribution is -0.137. The van der Waals surface area contributed by atoms with Gasteiger partial charge in [-0.1, -0.05) is 18.2 Å². The van der Waals surface area contributed by atoms with Gasteiger partial charge in [0, 0.05) is 5.56 Å². The van der Waals surface area contributed by atoms with E-state index >= 15 is 0 Å². The molecule has 2 nitrogen and oxygen atoms in total. The molecule has 1 atom stereocenters. The number of hydrogen-bond donors (Lipinski definition) is 1. The van der Waals surface area contributed by atoms with Crippen LogP contribution < -0.4 is 5.73 Å². The Morgan fingerprint density at radius 2 is 1.87 bits per heavy atom. The van der Waals surface area contributed by atoms with Crippen molar-refractivity contribution in [3.05, 3.63) is 35.4 Å². The Hall–Kier alpha value is -1.36. The normalized spacial score (nSPS) is 13.7. The first kappa shape index (κ1) is 11.7. The maximum atomic E-state index is 12.5. The van der Waals surface area contributed by atoms with E-state index in [1.54, 1.807) is 0 Å². The first-order valence-corrected chi connectivity index (χ1v) is 4.30. The lowest BCUT2D eigenvalue weighted by Crippen LogP contribution is -2.28. The summed E-state index contributed by atoms with van der Waals surface area (Å²) >= 11 is 0. The number of halogens is 3. The summed E-state index contributed by atoms with van der Waals surface area (Å²) in [6.45, 7) is 1.36. The van der Waals surface area contributed by atoms with Gasteiger partial charge in [0.05, 0.1) is 11.6 Å². The molecule has 1 rings (SSSR count). The van der Waals surface area contributed by atoms with Crippen LogP contribution in [0.4, 0.5) is 13.2 Å². The molecule has 0 heterocycles. The molecule has 82 valence electrons. The van der Waals surface area contributed by atoms with Gasteiger partial charge < -0.3 is 5.73 Å². The molecule has 2 N–H and O–H groups in total. The van der Waals surface area contributed by atoms with Crippen LogP contribution in [0.2, 0.25) is 0 Å². The topological polar surface area (TPSA) is 43.1 Å². The first-order valence-electron chi connectivity index (χ1n) is 4.30. The molecule has 0 bridgehead atoms. The summed E-state index contributed by atoms with van der Waals surface area (Å²) in [5, 5.41) is 0. The molecule has 0 saturated carbocycles. The third kappa shape index (κ3) is 2.56. The number of hydrogen-bond acceptors (Lipinski definition) is 2. The van der Waals surface area contributed by atoms with Gasteiger partial charge in [-0.2, -0.15) is 13.2 Å². The van der Waals surface area contributed by atoms with Crippen LogP contribution in [-0.4, -0.2) is 11.8 Å². The quantitative estimate of drug-likeness (QED) is 0.772. The van der Waals surface area contributed by atoms with Gasteiger partial charge >= 0.3 is 6.18 Å². The van der Waals surface area contributed by atoms with E-state index in [9.17, 15) is 18.0 Å². The summed E-state index contributed by atoms with van der Waals surface area (Å²) in [6, 6.07) is 3.68. The van der Waals surface area contributed by atoms with Crippen LogP contribution in [0.3, 0.4) is 0 Å². The summed E-state index contributed by atoms with van der Waals surface area (Å²) in [6.07, 6.45) is -4.53. The standard InChI is InChI=1S/C10H10F3NO/c1-6(14)9(15)7-4-2-3-5-8(7)10(11,12)13/h2-6H,14H2,1H3. The van der Waals surface area contributed by atoms with Gasteiger partial charge in [-0.15, -0.1) is 0 Å². The van der Waals surface area contributed by atoms with Crippen molar-refractivity contribution in [1.82, 2.24) is 0 Å². The van der Waals surface area contributed by atoms with E-state index in [4.69, 9.17) is 5.73 Å². The smallest absolute Gasteiger partial charge is 0.321 e. The van der Waals surface area contributed by atoms with Crippen molar-refractivity contribution in [1.29, 1.82) is 0 Å². The number of alkyl halides is 3. The van der Waals surface area contributed by atoms with E-state index in [0.29, 0.717) is 0 Å². The molecule has 1 aromatic rings. The maximum Gasteiger partial charge on any atom is 0.417 e. The Balaban J connectivity index is 3.25. The minimum absolute atomic E-state index is 0.375. The third-order valence-electron chi connectivity index (χ3n) is 1.91. The molecule has 0 aliphatic rings. The van der Waals surface area contributed by atoms with Crippen molar-refractivity contribution >= 4 is 5.78 Å². The number of rotatable bonds is 2. The Labute approximate surface area is 84.9 Å². The number of benzene rings is 1. The highest BCUT2D eigenvalue weighted by Gasteiger charge is 2.35. The van der Waals surface area contributed by atoms with E-state index in [1.165, 1.54) is 19.1 Å². The van der Waals surface area contributed by atoms with E-state index in [2.05, 4.69) is 0 Å². The van der Waals surface area contributed by atoms with Crippen LogP contribution in [0.1, 0.15) is 22.8 Å². The predicted molar refractivity (Wildman–Crippen MR) is 49.4 cm³/mol. The number of carbonyl (C=O) groups is 1. The molecular weight excluding hydrogens is 207 g/mol. The molecule has 5 heteroatoms. The van der Waals surface area contributed by atoms with Crippen LogP contribution in [0.15, 0.2) is 24.3 Å². The highest BCUT2D eigenvalue weighted by Crippen LogP contribution is 2.32. The second-order valence-electron chi connectivity index (χ2n) is 3.20. The fraction of sp³-hybridized carbons (Fsp3) is 0.300. The highest BCUT2D eigenvalue weighted by atomic mass is 19.4. The molecule has 0 fully saturated rings. The second kappa shape index (κ2) is 4.02. The van der Waals surface area contributed by atoms with Gasteiger partial charge in [0.15, 0.2) is 5.78 Å². The third-order valence-corrected chi connectivity index (χ3v) is 1.91. The van der Waals surface area contributed by atoms with Crippen molar-refractivity contribution in [3.8, 4) is 0 Å². The minimum atomic E-state index is -4.53. The monoisotopic (exact) mass is 217 g/mol. The van der Waals surface area contributed by atoms with Crippen LogP contribution in [0, 0.1) is 0 Å². The molecule has 0 saturated heterocycles. The lowest BCUT2D eigenvalue weighted by Gasteiger charge is -2.12. The minimum Gasteiger partial charge on any atom is -0.321 e. The van der Waals surface area contributed by atoms with E-state index in [0.717, 1.165) is 12.1 Å². The molecular formula is C10H10F3NO. The lowest BCUT2D eigenvalue weighted by atomic mass is 10.00. The zero-order valence-corrected chi connectivity index (χ0v) is 8.01. The molecule has 1 aromatic carbocycles. The Bertz CT molecular complexity index is 371. The number of Topliss-reactive ketones (excluding diaryl/α,β-unsaturated/α-hetero) is 1. The van der Waals surface area contributed by atoms with E-state index in [1.807, 2.05) is 0 Å². The van der Waals surface area contributed by atoms with Gasteiger partial charge in [0.2, 0.25) is 0 Å². The molecule has 0 amide bonds. The summed E-state index contributed by atoms with van der Waals surface area (Å²) < 4.78 is 37.4. The Morgan fingerprint density at radius 3 is 2.33 bits per heavy atom.